The molecule has 1 amide bonds. The van der Waals surface area contributed by atoms with Gasteiger partial charge in [0.2, 0.25) is 0 Å². The number of carbonyl (C=O) groups is 2. The van der Waals surface area contributed by atoms with Crippen molar-refractivity contribution < 1.29 is 23.8 Å². The second-order valence-electron chi connectivity index (χ2n) is 15.1. The van der Waals surface area contributed by atoms with E-state index in [0.717, 1.165) is 50.0 Å². The van der Waals surface area contributed by atoms with Crippen molar-refractivity contribution in [3.63, 3.8) is 0 Å². The van der Waals surface area contributed by atoms with Crippen LogP contribution in [0.3, 0.4) is 0 Å². The fourth-order valence-corrected chi connectivity index (χ4v) is 7.93. The molecule has 1 N–H and O–H groups in total. The predicted molar refractivity (Wildman–Crippen MR) is 218 cm³/mol. The maximum atomic E-state index is 14.3. The first kappa shape index (κ1) is 42.3. The molecule has 0 spiro atoms. The molecule has 2 aliphatic heterocycles. The summed E-state index contributed by atoms with van der Waals surface area (Å²) in [6.07, 6.45) is 17.7. The number of likely N-dealkylation sites (tertiary alicyclic amines) is 1. The van der Waals surface area contributed by atoms with Crippen LogP contribution >= 0.6 is 12.2 Å². The van der Waals surface area contributed by atoms with Crippen molar-refractivity contribution >= 4 is 29.4 Å². The van der Waals surface area contributed by atoms with Crippen molar-refractivity contribution in [2.24, 2.45) is 0 Å². The van der Waals surface area contributed by atoms with Crippen LogP contribution in [-0.2, 0) is 27.2 Å². The third-order valence-corrected chi connectivity index (χ3v) is 10.8. The number of esters is 1. The molecule has 0 aliphatic carbocycles. The van der Waals surface area contributed by atoms with E-state index in [1.807, 2.05) is 39.0 Å². The normalized spacial score (nSPS) is 16.9. The second-order valence-corrected chi connectivity index (χ2v) is 15.5. The quantitative estimate of drug-likeness (QED) is 0.0768. The van der Waals surface area contributed by atoms with E-state index in [2.05, 4.69) is 47.5 Å². The molecule has 0 bridgehead atoms. The Morgan fingerprint density at radius 2 is 1.45 bits per heavy atom. The molecule has 53 heavy (non-hydrogen) atoms. The molecule has 0 aromatic heterocycles. The zero-order valence-electron chi connectivity index (χ0n) is 33.1. The van der Waals surface area contributed by atoms with Crippen LogP contribution in [0.2, 0.25) is 0 Å². The molecule has 1 atom stereocenters. The first-order valence-corrected chi connectivity index (χ1v) is 20.8. The smallest absolute Gasteiger partial charge is 0.417 e. The van der Waals surface area contributed by atoms with Crippen molar-refractivity contribution in [3.05, 3.63) is 76.5 Å². The van der Waals surface area contributed by atoms with Gasteiger partial charge in [0.1, 0.15) is 17.9 Å². The summed E-state index contributed by atoms with van der Waals surface area (Å²) in [4.78, 5) is 32.0. The Morgan fingerprint density at radius 3 is 2.04 bits per heavy atom. The summed E-state index contributed by atoms with van der Waals surface area (Å²) in [6, 6.07) is 15.5. The molecule has 4 rings (SSSR count). The number of thiocarbonyl (C=S) groups is 1. The average Bonchev–Trinajstić information content (AvgIpc) is 3.14. The topological polar surface area (TPSA) is 80.3 Å². The van der Waals surface area contributed by atoms with Crippen LogP contribution in [0.5, 0.6) is 5.75 Å². The van der Waals surface area contributed by atoms with Crippen LogP contribution in [0.15, 0.2) is 59.8 Å². The summed E-state index contributed by atoms with van der Waals surface area (Å²) in [7, 11) is 1.63. The van der Waals surface area contributed by atoms with E-state index >= 15 is 0 Å². The van der Waals surface area contributed by atoms with Crippen LogP contribution in [-0.4, -0.2) is 59.4 Å². The van der Waals surface area contributed by atoms with Crippen LogP contribution in [0.25, 0.3) is 0 Å². The van der Waals surface area contributed by atoms with Gasteiger partial charge >= 0.3 is 12.1 Å². The summed E-state index contributed by atoms with van der Waals surface area (Å²) < 4.78 is 17.9. The van der Waals surface area contributed by atoms with Gasteiger partial charge in [0.15, 0.2) is 5.11 Å². The Hall–Kier alpha value is -3.43. The number of hydrogen-bond donors (Lipinski definition) is 1. The summed E-state index contributed by atoms with van der Waals surface area (Å²) in [5, 5.41) is 3.32. The molecule has 2 aromatic carbocycles. The van der Waals surface area contributed by atoms with Crippen molar-refractivity contribution in [1.82, 2.24) is 15.1 Å². The van der Waals surface area contributed by atoms with Crippen molar-refractivity contribution in [2.75, 3.05) is 20.2 Å². The number of aryl methyl sites for hydroxylation is 1. The van der Waals surface area contributed by atoms with Gasteiger partial charge in [-0.05, 0) is 75.9 Å². The van der Waals surface area contributed by atoms with Gasteiger partial charge in [-0.3, -0.25) is 4.90 Å². The molecule has 2 heterocycles. The SMILES string of the molecule is CCCCCCCCCCCCCCCc1cccc(OC)c1C1C(C(=O)OC(C)C)=C(C)NC(=S)N1C(=O)OC1CCN(Cc2ccccc2)CC1. The first-order valence-electron chi connectivity index (χ1n) is 20.4. The van der Waals surface area contributed by atoms with Gasteiger partial charge in [-0.15, -0.1) is 0 Å². The van der Waals surface area contributed by atoms with Crippen molar-refractivity contribution in [3.8, 4) is 5.75 Å². The molecule has 1 unspecified atom stereocenters. The number of allylic oxidation sites excluding steroid dienone is 1. The van der Waals surface area contributed by atoms with Gasteiger partial charge in [-0.25, -0.2) is 14.5 Å². The molecule has 8 nitrogen and oxygen atoms in total. The highest BCUT2D eigenvalue weighted by Gasteiger charge is 2.44. The van der Waals surface area contributed by atoms with E-state index in [0.29, 0.717) is 29.9 Å². The lowest BCUT2D eigenvalue weighted by molar-refractivity contribution is -0.143. The largest absolute Gasteiger partial charge is 0.496 e. The molecule has 0 radical (unpaired) electrons. The maximum absolute atomic E-state index is 14.3. The molecular weight excluding hydrogens is 683 g/mol. The lowest BCUT2D eigenvalue weighted by Crippen LogP contribution is -2.52. The van der Waals surface area contributed by atoms with Crippen LogP contribution in [0.4, 0.5) is 4.79 Å². The third-order valence-electron chi connectivity index (χ3n) is 10.5. The number of amides is 1. The van der Waals surface area contributed by atoms with Gasteiger partial charge in [-0.1, -0.05) is 126 Å². The van der Waals surface area contributed by atoms with Gasteiger partial charge in [-0.2, -0.15) is 0 Å². The van der Waals surface area contributed by atoms with E-state index in [4.69, 9.17) is 26.4 Å². The molecular formula is C44H65N3O5S. The minimum Gasteiger partial charge on any atom is -0.496 e. The van der Waals surface area contributed by atoms with Gasteiger partial charge in [0.25, 0.3) is 0 Å². The first-order chi connectivity index (χ1) is 25.7. The van der Waals surface area contributed by atoms with Crippen molar-refractivity contribution in [1.29, 1.82) is 0 Å². The Morgan fingerprint density at radius 1 is 0.849 bits per heavy atom. The number of piperidine rings is 1. The third kappa shape index (κ3) is 13.1. The summed E-state index contributed by atoms with van der Waals surface area (Å²) in [6.45, 7) is 10.2. The van der Waals surface area contributed by atoms with Gasteiger partial charge < -0.3 is 19.5 Å². The minimum absolute atomic E-state index is 0.193. The number of hydrogen-bond acceptors (Lipinski definition) is 7. The van der Waals surface area contributed by atoms with E-state index in [9.17, 15) is 9.59 Å². The highest BCUT2D eigenvalue weighted by atomic mass is 32.1. The van der Waals surface area contributed by atoms with Crippen LogP contribution < -0.4 is 10.1 Å². The van der Waals surface area contributed by atoms with Gasteiger partial charge in [0, 0.05) is 30.9 Å². The number of nitrogens with one attached hydrogen (secondary N) is 1. The molecule has 1 fully saturated rings. The average molecular weight is 748 g/mol. The van der Waals surface area contributed by atoms with E-state index < -0.39 is 18.1 Å². The zero-order chi connectivity index (χ0) is 38.0. The molecule has 2 aliphatic rings. The number of methoxy groups -OCH3 is 1. The summed E-state index contributed by atoms with van der Waals surface area (Å²) in [5.41, 5.74) is 3.93. The summed E-state index contributed by atoms with van der Waals surface area (Å²) in [5.74, 6) is 0.101. The van der Waals surface area contributed by atoms with E-state index in [-0.39, 0.29) is 17.3 Å². The molecule has 0 saturated carbocycles. The van der Waals surface area contributed by atoms with Crippen LogP contribution in [0.1, 0.15) is 147 Å². The lowest BCUT2D eigenvalue weighted by atomic mass is 9.88. The second kappa shape index (κ2) is 22.7. The standard InChI is InChI=1S/C44H65N3O5S/c1-6-7-8-9-10-11-12-13-14-15-16-17-21-25-36-26-22-27-38(50-5)40(36)41-39(42(48)51-33(2)3)34(4)45-43(53)47(41)44(49)52-37-28-30-46(31-29-37)32-35-23-19-18-20-24-35/h18-20,22-24,26-27,33,37,41H,6-17,21,25,28-32H2,1-5H3,(H,45,53). The number of carbonyl (C=O) groups excluding carboxylic acids is 2. The van der Waals surface area contributed by atoms with Gasteiger partial charge in [0.05, 0.1) is 18.8 Å². The Labute approximate surface area is 325 Å². The predicted octanol–water partition coefficient (Wildman–Crippen LogP) is 10.6. The van der Waals surface area contributed by atoms with Crippen molar-refractivity contribution in [2.45, 2.75) is 155 Å². The fraction of sp³-hybridized carbons (Fsp3) is 0.614. The molecule has 1 saturated heterocycles. The molecule has 2 aromatic rings. The van der Waals surface area contributed by atoms with E-state index in [1.165, 1.54) is 81.1 Å². The summed E-state index contributed by atoms with van der Waals surface area (Å²) >= 11 is 5.84. The Balaban J connectivity index is 1.45. The number of nitrogens with zero attached hydrogens (tertiary/aromatic N) is 2. The fourth-order valence-electron chi connectivity index (χ4n) is 7.60. The number of unbranched alkanes of at least 4 members (excludes halogenated alkanes) is 12. The number of benzene rings is 2. The number of ether oxygens (including phenoxy) is 3. The zero-order valence-corrected chi connectivity index (χ0v) is 33.9. The monoisotopic (exact) mass is 747 g/mol. The maximum Gasteiger partial charge on any atom is 0.417 e. The van der Waals surface area contributed by atoms with E-state index in [1.54, 1.807) is 7.11 Å². The molecule has 9 heteroatoms. The molecule has 292 valence electrons. The number of rotatable bonds is 21. The highest BCUT2D eigenvalue weighted by molar-refractivity contribution is 7.80. The Kier molecular flexibility index (Phi) is 18.1. The Bertz CT molecular complexity index is 1470. The van der Waals surface area contributed by atoms with Crippen LogP contribution in [0, 0.1) is 0 Å². The highest BCUT2D eigenvalue weighted by Crippen LogP contribution is 2.42. The minimum atomic E-state index is -0.867. The lowest BCUT2D eigenvalue weighted by Gasteiger charge is -2.40.